The molecular formula is C33H31ClFN5O5. The first-order valence-corrected chi connectivity index (χ1v) is 15.0. The predicted octanol–water partition coefficient (Wildman–Crippen LogP) is 5.36. The number of methoxy groups -OCH3 is 1. The minimum absolute atomic E-state index is 0.0705. The van der Waals surface area contributed by atoms with Gasteiger partial charge >= 0.3 is 5.97 Å². The highest BCUT2D eigenvalue weighted by Gasteiger charge is 2.38. The van der Waals surface area contributed by atoms with Gasteiger partial charge < -0.3 is 25.0 Å². The number of fused-ring (bicyclic) bond motifs is 1. The molecule has 0 aliphatic carbocycles. The molecule has 4 aromatic rings. The van der Waals surface area contributed by atoms with Gasteiger partial charge in [-0.3, -0.25) is 9.59 Å². The number of piperidine rings is 1. The van der Waals surface area contributed by atoms with Gasteiger partial charge in [-0.25, -0.2) is 13.9 Å². The molecule has 3 heterocycles. The number of carboxylic acid groups (broad SMARTS) is 1. The summed E-state index contributed by atoms with van der Waals surface area (Å²) in [6, 6.07) is 15.2. The highest BCUT2D eigenvalue weighted by Crippen LogP contribution is 2.38. The Kier molecular flexibility index (Phi) is 8.55. The molecule has 1 atom stereocenters. The third kappa shape index (κ3) is 6.01. The first-order valence-electron chi connectivity index (χ1n) is 14.6. The van der Waals surface area contributed by atoms with Crippen LogP contribution in [0.1, 0.15) is 50.7 Å². The smallest absolute Gasteiger partial charge is 0.335 e. The summed E-state index contributed by atoms with van der Waals surface area (Å²) in [6.45, 7) is 1.87. The number of anilines is 2. The number of aromatic nitrogens is 2. The summed E-state index contributed by atoms with van der Waals surface area (Å²) in [7, 11) is 1.73. The van der Waals surface area contributed by atoms with Crippen molar-refractivity contribution in [2.45, 2.75) is 31.4 Å². The quantitative estimate of drug-likeness (QED) is 0.282. The Morgan fingerprint density at radius 2 is 1.69 bits per heavy atom. The number of nitrogens with one attached hydrogen (secondary N) is 1. The lowest BCUT2D eigenvalue weighted by molar-refractivity contribution is -0.121. The van der Waals surface area contributed by atoms with Crippen LogP contribution in [0.25, 0.3) is 5.69 Å². The van der Waals surface area contributed by atoms with Crippen molar-refractivity contribution >= 4 is 40.8 Å². The Morgan fingerprint density at radius 3 is 2.40 bits per heavy atom. The fourth-order valence-corrected chi connectivity index (χ4v) is 6.26. The van der Waals surface area contributed by atoms with Gasteiger partial charge in [0.1, 0.15) is 11.7 Å². The van der Waals surface area contributed by atoms with Gasteiger partial charge in [-0.15, -0.1) is 0 Å². The fraction of sp³-hybridized carbons (Fsp3) is 0.273. The van der Waals surface area contributed by atoms with Crippen LogP contribution in [-0.4, -0.2) is 70.4 Å². The zero-order chi connectivity index (χ0) is 31.7. The second-order valence-electron chi connectivity index (χ2n) is 11.0. The Labute approximate surface area is 264 Å². The summed E-state index contributed by atoms with van der Waals surface area (Å²) in [5, 5.41) is 16.3. The molecule has 2 aliphatic heterocycles. The highest BCUT2D eigenvalue weighted by molar-refractivity contribution is 6.30. The molecule has 0 radical (unpaired) electrons. The average Bonchev–Trinajstić information content (AvgIpc) is 3.55. The number of amides is 2. The van der Waals surface area contributed by atoms with E-state index in [0.29, 0.717) is 17.7 Å². The maximum atomic E-state index is 14.7. The summed E-state index contributed by atoms with van der Waals surface area (Å²) in [4.78, 5) is 43.2. The number of carboxylic acids is 1. The van der Waals surface area contributed by atoms with Crippen LogP contribution >= 0.6 is 11.6 Å². The highest BCUT2D eigenvalue weighted by atomic mass is 35.5. The number of ether oxygens (including phenoxy) is 1. The van der Waals surface area contributed by atoms with E-state index in [9.17, 15) is 23.9 Å². The van der Waals surface area contributed by atoms with E-state index in [0.717, 1.165) is 37.2 Å². The molecule has 0 unspecified atom stereocenters. The van der Waals surface area contributed by atoms with Crippen LogP contribution in [0.2, 0.25) is 5.02 Å². The molecule has 1 fully saturated rings. The van der Waals surface area contributed by atoms with E-state index in [1.165, 1.54) is 58.4 Å². The van der Waals surface area contributed by atoms with Crippen molar-refractivity contribution in [3.63, 3.8) is 0 Å². The summed E-state index contributed by atoms with van der Waals surface area (Å²) in [6.07, 6.45) is 5.27. The van der Waals surface area contributed by atoms with Crippen LogP contribution in [0.4, 0.5) is 15.8 Å². The number of carbonyl (C=O) groups is 3. The number of halogens is 2. The normalized spacial score (nSPS) is 16.7. The monoisotopic (exact) mass is 631 g/mol. The van der Waals surface area contributed by atoms with Crippen molar-refractivity contribution in [1.82, 2.24) is 14.7 Å². The summed E-state index contributed by atoms with van der Waals surface area (Å²) >= 11 is 5.96. The standard InChI is InChI=1S/C33H31ClFN5O5/c1-45-23-12-15-38(16-13-23)27-6-2-4-25-24(27)14-17-39(30(25)31(41)37-22-10-8-20(9-11-22)33(43)44)32(42)21-18-36-40(19-21)28-7-3-5-26(34)29(28)35/h2-11,18-19,23,30H,12-17H2,1H3,(H,37,41)(H,43,44)/t30-/m0/s1. The maximum absolute atomic E-state index is 14.7. The summed E-state index contributed by atoms with van der Waals surface area (Å²) < 4.78 is 21.5. The van der Waals surface area contributed by atoms with Gasteiger partial charge in [-0.1, -0.05) is 29.8 Å². The molecule has 6 rings (SSSR count). The molecule has 1 aromatic heterocycles. The molecular weight excluding hydrogens is 601 g/mol. The number of rotatable bonds is 7. The van der Waals surface area contributed by atoms with Gasteiger partial charge in [0.2, 0.25) is 0 Å². The Balaban J connectivity index is 1.34. The molecule has 1 saturated heterocycles. The fourth-order valence-electron chi connectivity index (χ4n) is 6.09. The minimum atomic E-state index is -1.08. The molecule has 12 heteroatoms. The van der Waals surface area contributed by atoms with E-state index in [1.807, 2.05) is 18.2 Å². The zero-order valence-corrected chi connectivity index (χ0v) is 25.2. The topological polar surface area (TPSA) is 117 Å². The van der Waals surface area contributed by atoms with Crippen molar-refractivity contribution in [3.8, 4) is 5.69 Å². The number of nitrogens with zero attached hydrogens (tertiary/aromatic N) is 4. The SMILES string of the molecule is COC1CCN(c2cccc3c2CCN(C(=O)c2cnn(-c4cccc(Cl)c4F)c2)[C@@H]3C(=O)Nc2ccc(C(=O)O)cc2)CC1. The van der Waals surface area contributed by atoms with E-state index in [2.05, 4.69) is 15.3 Å². The lowest BCUT2D eigenvalue weighted by atomic mass is 9.89. The molecule has 0 bridgehead atoms. The Bertz CT molecular complexity index is 1750. The number of carbonyl (C=O) groups excluding carboxylic acids is 2. The van der Waals surface area contributed by atoms with Gasteiger partial charge in [0.15, 0.2) is 5.82 Å². The first-order chi connectivity index (χ1) is 21.7. The molecule has 0 saturated carbocycles. The van der Waals surface area contributed by atoms with Gasteiger partial charge in [-0.2, -0.15) is 5.10 Å². The summed E-state index contributed by atoms with van der Waals surface area (Å²) in [5.74, 6) is -2.63. The van der Waals surface area contributed by atoms with Crippen LogP contribution in [0.15, 0.2) is 73.1 Å². The van der Waals surface area contributed by atoms with E-state index in [-0.39, 0.29) is 34.5 Å². The van der Waals surface area contributed by atoms with Gasteiger partial charge in [0.05, 0.1) is 28.5 Å². The van der Waals surface area contributed by atoms with E-state index >= 15 is 0 Å². The van der Waals surface area contributed by atoms with Crippen LogP contribution in [0, 0.1) is 5.82 Å². The molecule has 2 amide bonds. The second-order valence-corrected chi connectivity index (χ2v) is 11.4. The van der Waals surface area contributed by atoms with Crippen LogP contribution < -0.4 is 10.2 Å². The molecule has 2 aliphatic rings. The minimum Gasteiger partial charge on any atom is -0.478 e. The van der Waals surface area contributed by atoms with Crippen LogP contribution in [0.3, 0.4) is 0 Å². The van der Waals surface area contributed by atoms with Crippen LogP contribution in [-0.2, 0) is 16.0 Å². The Hall–Kier alpha value is -4.74. The molecule has 2 N–H and O–H groups in total. The lowest BCUT2D eigenvalue weighted by Crippen LogP contribution is -2.46. The van der Waals surface area contributed by atoms with E-state index in [4.69, 9.17) is 16.3 Å². The molecule has 10 nitrogen and oxygen atoms in total. The van der Waals surface area contributed by atoms with E-state index < -0.39 is 29.6 Å². The number of benzene rings is 3. The van der Waals surface area contributed by atoms with Crippen molar-refractivity contribution in [3.05, 3.63) is 106 Å². The number of aromatic carboxylic acids is 1. The van der Waals surface area contributed by atoms with Crippen molar-refractivity contribution in [2.75, 3.05) is 37.0 Å². The maximum Gasteiger partial charge on any atom is 0.335 e. The number of hydrogen-bond acceptors (Lipinski definition) is 6. The van der Waals surface area contributed by atoms with Gasteiger partial charge in [-0.05, 0) is 72.9 Å². The molecule has 232 valence electrons. The first kappa shape index (κ1) is 30.3. The molecule has 45 heavy (non-hydrogen) atoms. The third-order valence-electron chi connectivity index (χ3n) is 8.43. The predicted molar refractivity (Wildman–Crippen MR) is 167 cm³/mol. The van der Waals surface area contributed by atoms with Crippen LogP contribution in [0.5, 0.6) is 0 Å². The largest absolute Gasteiger partial charge is 0.478 e. The second kappa shape index (κ2) is 12.7. The van der Waals surface area contributed by atoms with Gasteiger partial charge in [0.25, 0.3) is 11.8 Å². The van der Waals surface area contributed by atoms with Gasteiger partial charge in [0, 0.05) is 44.3 Å². The molecule has 0 spiro atoms. The van der Waals surface area contributed by atoms with Crippen molar-refractivity contribution in [1.29, 1.82) is 0 Å². The average molecular weight is 632 g/mol. The third-order valence-corrected chi connectivity index (χ3v) is 8.72. The van der Waals surface area contributed by atoms with Crippen molar-refractivity contribution < 1.29 is 28.6 Å². The Morgan fingerprint density at radius 1 is 0.978 bits per heavy atom. The zero-order valence-electron chi connectivity index (χ0n) is 24.5. The lowest BCUT2D eigenvalue weighted by Gasteiger charge is -2.40. The van der Waals surface area contributed by atoms with Crippen molar-refractivity contribution in [2.24, 2.45) is 0 Å². The van der Waals surface area contributed by atoms with E-state index in [1.54, 1.807) is 13.2 Å². The molecule has 3 aromatic carbocycles. The summed E-state index contributed by atoms with van der Waals surface area (Å²) in [5.41, 5.74) is 3.48. The number of hydrogen-bond donors (Lipinski definition) is 2.